The Hall–Kier alpha value is -3.08. The van der Waals surface area contributed by atoms with Crippen molar-refractivity contribution in [3.05, 3.63) is 77.9 Å². The van der Waals surface area contributed by atoms with Crippen molar-refractivity contribution in [2.75, 3.05) is 0 Å². The van der Waals surface area contributed by atoms with Crippen molar-refractivity contribution in [1.82, 2.24) is 5.32 Å². The average Bonchev–Trinajstić information content (AvgIpc) is 2.88. The lowest BCUT2D eigenvalue weighted by Gasteiger charge is -2.31. The van der Waals surface area contributed by atoms with Crippen molar-refractivity contribution in [1.29, 1.82) is 0 Å². The monoisotopic (exact) mass is 323 g/mol. The maximum Gasteiger partial charge on any atom is 0.328 e. The molecule has 0 spiro atoms. The first-order valence-corrected chi connectivity index (χ1v) is 7.63. The van der Waals surface area contributed by atoms with E-state index in [4.69, 9.17) is 10.2 Å². The zero-order chi connectivity index (χ0) is 17.1. The number of benzene rings is 1. The first kappa shape index (κ1) is 15.8. The van der Waals surface area contributed by atoms with Gasteiger partial charge in [-0.2, -0.15) is 0 Å². The van der Waals surface area contributed by atoms with Gasteiger partial charge in [0, 0.05) is 35.2 Å². The Morgan fingerprint density at radius 1 is 1.00 bits per heavy atom. The Labute approximate surface area is 139 Å². The number of rotatable bonds is 2. The van der Waals surface area contributed by atoms with Gasteiger partial charge in [0.15, 0.2) is 0 Å². The van der Waals surface area contributed by atoms with E-state index in [1.165, 1.54) is 16.8 Å². The van der Waals surface area contributed by atoms with Crippen LogP contribution in [0.4, 0.5) is 0 Å². The van der Waals surface area contributed by atoms with E-state index in [0.717, 1.165) is 0 Å². The second-order valence-electron chi connectivity index (χ2n) is 5.72. The number of fused-ring (bicyclic) bond motifs is 7. The van der Waals surface area contributed by atoms with E-state index in [-0.39, 0.29) is 0 Å². The van der Waals surface area contributed by atoms with Crippen LogP contribution in [0.1, 0.15) is 17.2 Å². The molecule has 2 aliphatic heterocycles. The molecule has 4 rings (SSSR count). The molecule has 0 aromatic heterocycles. The number of nitrogens with one attached hydrogen (secondary N) is 1. The van der Waals surface area contributed by atoms with Crippen LogP contribution in [0.15, 0.2) is 66.8 Å². The summed E-state index contributed by atoms with van der Waals surface area (Å²) in [4.78, 5) is 19.1. The van der Waals surface area contributed by atoms with Crippen LogP contribution >= 0.6 is 0 Å². The van der Waals surface area contributed by atoms with Gasteiger partial charge >= 0.3 is 11.9 Å². The lowest BCUT2D eigenvalue weighted by atomic mass is 9.80. The number of allylic oxidation sites excluding steroid dienone is 4. The zero-order valence-corrected chi connectivity index (χ0v) is 12.8. The zero-order valence-electron chi connectivity index (χ0n) is 12.8. The van der Waals surface area contributed by atoms with Crippen LogP contribution in [-0.2, 0) is 9.59 Å². The van der Waals surface area contributed by atoms with Gasteiger partial charge in [-0.05, 0) is 5.56 Å². The summed E-state index contributed by atoms with van der Waals surface area (Å²) in [6.45, 7) is 0. The predicted octanol–water partition coefficient (Wildman–Crippen LogP) is 2.76. The van der Waals surface area contributed by atoms with Crippen molar-refractivity contribution in [2.45, 2.75) is 6.04 Å². The predicted molar refractivity (Wildman–Crippen MR) is 90.0 cm³/mol. The topological polar surface area (TPSA) is 86.6 Å². The molecule has 0 fully saturated rings. The molecule has 122 valence electrons. The van der Waals surface area contributed by atoms with Gasteiger partial charge in [0.1, 0.15) is 0 Å². The quantitative estimate of drug-likeness (QED) is 0.729. The smallest absolute Gasteiger partial charge is 0.328 e. The van der Waals surface area contributed by atoms with Crippen molar-refractivity contribution in [3.63, 3.8) is 0 Å². The highest BCUT2D eigenvalue weighted by Crippen LogP contribution is 2.46. The van der Waals surface area contributed by atoms with Crippen molar-refractivity contribution < 1.29 is 19.8 Å². The van der Waals surface area contributed by atoms with Gasteiger partial charge in [-0.25, -0.2) is 9.59 Å². The van der Waals surface area contributed by atoms with Crippen LogP contribution < -0.4 is 5.32 Å². The summed E-state index contributed by atoms with van der Waals surface area (Å²) in [7, 11) is 0. The molecule has 1 aromatic carbocycles. The molecule has 3 aliphatic rings. The number of carboxylic acid groups (broad SMARTS) is 2. The summed E-state index contributed by atoms with van der Waals surface area (Å²) in [5.41, 5.74) is 4.17. The molecule has 3 unspecified atom stereocenters. The van der Waals surface area contributed by atoms with Gasteiger partial charge in [-0.3, -0.25) is 0 Å². The molecule has 0 saturated carbocycles. The number of carboxylic acids is 2. The molecule has 5 nitrogen and oxygen atoms in total. The van der Waals surface area contributed by atoms with Gasteiger partial charge in [0.25, 0.3) is 0 Å². The summed E-state index contributed by atoms with van der Waals surface area (Å²) in [5.74, 6) is -1.36. The third kappa shape index (κ3) is 3.15. The summed E-state index contributed by atoms with van der Waals surface area (Å²) in [5, 5.41) is 19.3. The van der Waals surface area contributed by atoms with Crippen molar-refractivity contribution in [2.24, 2.45) is 11.8 Å². The number of carbonyl (C=O) groups is 2. The second kappa shape index (κ2) is 6.58. The maximum absolute atomic E-state index is 9.55. The van der Waals surface area contributed by atoms with E-state index >= 15 is 0 Å². The average molecular weight is 323 g/mol. The van der Waals surface area contributed by atoms with E-state index in [9.17, 15) is 9.59 Å². The van der Waals surface area contributed by atoms with Crippen molar-refractivity contribution in [3.8, 4) is 0 Å². The second-order valence-corrected chi connectivity index (χ2v) is 5.72. The van der Waals surface area contributed by atoms with E-state index in [2.05, 4.69) is 60.0 Å². The molecule has 2 heterocycles. The fraction of sp³-hybridized carbons (Fsp3) is 0.158. The molecule has 0 saturated heterocycles. The molecule has 24 heavy (non-hydrogen) atoms. The molecule has 2 bridgehead atoms. The highest BCUT2D eigenvalue weighted by atomic mass is 16.4. The maximum atomic E-state index is 9.55. The number of hydrogen-bond donors (Lipinski definition) is 3. The molecular weight excluding hydrogens is 306 g/mol. The van der Waals surface area contributed by atoms with E-state index in [0.29, 0.717) is 30.0 Å². The van der Waals surface area contributed by atoms with E-state index in [1.54, 1.807) is 0 Å². The van der Waals surface area contributed by atoms with Gasteiger partial charge < -0.3 is 15.5 Å². The minimum Gasteiger partial charge on any atom is -0.478 e. The summed E-state index contributed by atoms with van der Waals surface area (Å²) in [6, 6.07) is 9.21. The largest absolute Gasteiger partial charge is 0.478 e. The van der Waals surface area contributed by atoms with Crippen LogP contribution in [0.5, 0.6) is 0 Å². The molecule has 3 N–H and O–H groups in total. The van der Waals surface area contributed by atoms with Gasteiger partial charge in [0.05, 0.1) is 6.04 Å². The van der Waals surface area contributed by atoms with Crippen LogP contribution in [-0.4, -0.2) is 22.2 Å². The standard InChI is InChI=1S/C15H13N.C4H4O4/c1-2-6-11-10(5-1)9-14-12-7-3-4-8-13(12)15(11)16-14;5-3(6)1-2-4(7)8/h1-11,15-16H;1-2H,(H,5,6)(H,7,8)/b;2-1-. The molecule has 1 aliphatic carbocycles. The van der Waals surface area contributed by atoms with E-state index < -0.39 is 11.9 Å². The summed E-state index contributed by atoms with van der Waals surface area (Å²) >= 11 is 0. The van der Waals surface area contributed by atoms with Gasteiger partial charge in [-0.15, -0.1) is 0 Å². The lowest BCUT2D eigenvalue weighted by molar-refractivity contribution is -0.134. The normalized spacial score (nSPS) is 25.0. The minimum absolute atomic E-state index is 0.474. The van der Waals surface area contributed by atoms with Crippen molar-refractivity contribution >= 4 is 17.6 Å². The highest BCUT2D eigenvalue weighted by Gasteiger charge is 2.38. The lowest BCUT2D eigenvalue weighted by Crippen LogP contribution is -2.29. The molecule has 0 radical (unpaired) electrons. The Morgan fingerprint density at radius 3 is 2.38 bits per heavy atom. The number of aliphatic carboxylic acids is 2. The molecule has 3 atom stereocenters. The van der Waals surface area contributed by atoms with Crippen LogP contribution in [0.2, 0.25) is 0 Å². The summed E-state index contributed by atoms with van der Waals surface area (Å²) in [6.07, 6.45) is 12.5. The minimum atomic E-state index is -1.26. The third-order valence-electron chi connectivity index (χ3n) is 4.23. The molecule has 1 aromatic rings. The molecule has 5 heteroatoms. The van der Waals surface area contributed by atoms with Gasteiger partial charge in [0.2, 0.25) is 0 Å². The molecular formula is C19H17NO4. The fourth-order valence-corrected chi connectivity index (χ4v) is 3.25. The SMILES string of the molecule is C1=CC2C=C3NC(c4ccccc43)C2C=C1.O=C(O)/C=C\C(=O)O. The third-order valence-corrected chi connectivity index (χ3v) is 4.23. The Kier molecular flexibility index (Phi) is 4.33. The first-order valence-electron chi connectivity index (χ1n) is 7.63. The van der Waals surface area contributed by atoms with Crippen LogP contribution in [0.25, 0.3) is 5.70 Å². The number of hydrogen-bond acceptors (Lipinski definition) is 3. The van der Waals surface area contributed by atoms with E-state index in [1.807, 2.05) is 0 Å². The first-order chi connectivity index (χ1) is 11.6. The Morgan fingerprint density at radius 2 is 1.67 bits per heavy atom. The molecule has 0 amide bonds. The fourth-order valence-electron chi connectivity index (χ4n) is 3.25. The summed E-state index contributed by atoms with van der Waals surface area (Å²) < 4.78 is 0. The Bertz CT molecular complexity index is 772. The van der Waals surface area contributed by atoms with Crippen LogP contribution in [0.3, 0.4) is 0 Å². The van der Waals surface area contributed by atoms with Gasteiger partial charge in [-0.1, -0.05) is 54.6 Å². The van der Waals surface area contributed by atoms with Crippen LogP contribution in [0, 0.1) is 11.8 Å². The highest BCUT2D eigenvalue weighted by molar-refractivity contribution is 5.89. The Balaban J connectivity index is 0.000000183.